The van der Waals surface area contributed by atoms with E-state index in [1.54, 1.807) is 44.2 Å². The average Bonchev–Trinajstić information content (AvgIpc) is 2.68. The minimum Gasteiger partial charge on any atom is -0.497 e. The molecular weight excluding hydrogens is 408 g/mol. The molecule has 0 bridgehead atoms. The first-order valence-electron chi connectivity index (χ1n) is 9.30. The zero-order chi connectivity index (χ0) is 22.5. The first-order chi connectivity index (χ1) is 14.1. The molecule has 0 unspecified atom stereocenters. The standard InChI is InChI=1S/C21H26N2O6S/c1-6-29-21(25)16-11-10-14(2)19(12-16)22-20(24)15(3)23(30(5,26)27)17-8-7-9-18(13-17)28-4/h7-13,15H,6H2,1-5H3,(H,22,24)/t15-/m0/s1. The number of aryl methyl sites for hydroxylation is 1. The number of nitrogens with one attached hydrogen (secondary N) is 1. The highest BCUT2D eigenvalue weighted by molar-refractivity contribution is 7.92. The van der Waals surface area contributed by atoms with Crippen molar-refractivity contribution in [1.82, 2.24) is 0 Å². The van der Waals surface area contributed by atoms with Gasteiger partial charge in [-0.1, -0.05) is 12.1 Å². The minimum atomic E-state index is -3.78. The summed E-state index contributed by atoms with van der Waals surface area (Å²) in [5.41, 5.74) is 1.71. The van der Waals surface area contributed by atoms with E-state index in [0.717, 1.165) is 16.1 Å². The van der Waals surface area contributed by atoms with E-state index in [2.05, 4.69) is 5.32 Å². The van der Waals surface area contributed by atoms with Gasteiger partial charge in [-0.25, -0.2) is 13.2 Å². The predicted molar refractivity (Wildman–Crippen MR) is 116 cm³/mol. The highest BCUT2D eigenvalue weighted by Gasteiger charge is 2.29. The smallest absolute Gasteiger partial charge is 0.338 e. The van der Waals surface area contributed by atoms with Gasteiger partial charge < -0.3 is 14.8 Å². The Morgan fingerprint density at radius 2 is 1.87 bits per heavy atom. The van der Waals surface area contributed by atoms with Crippen LogP contribution in [-0.2, 0) is 19.6 Å². The molecule has 0 saturated carbocycles. The van der Waals surface area contributed by atoms with Crippen LogP contribution in [0.4, 0.5) is 11.4 Å². The van der Waals surface area contributed by atoms with Gasteiger partial charge >= 0.3 is 5.97 Å². The number of hydrogen-bond donors (Lipinski definition) is 1. The third-order valence-electron chi connectivity index (χ3n) is 4.40. The molecule has 2 aromatic rings. The Kier molecular flexibility index (Phi) is 7.44. The van der Waals surface area contributed by atoms with Crippen molar-refractivity contribution in [3.8, 4) is 5.75 Å². The summed E-state index contributed by atoms with van der Waals surface area (Å²) in [6, 6.07) is 10.2. The number of methoxy groups -OCH3 is 1. The van der Waals surface area contributed by atoms with Crippen LogP contribution in [0.15, 0.2) is 42.5 Å². The first kappa shape index (κ1) is 23.2. The summed E-state index contributed by atoms with van der Waals surface area (Å²) in [6.07, 6.45) is 1.03. The van der Waals surface area contributed by atoms with Crippen molar-refractivity contribution in [2.24, 2.45) is 0 Å². The van der Waals surface area contributed by atoms with E-state index < -0.39 is 27.9 Å². The molecule has 0 fully saturated rings. The number of hydrogen-bond acceptors (Lipinski definition) is 6. The summed E-state index contributed by atoms with van der Waals surface area (Å²) in [4.78, 5) is 24.9. The van der Waals surface area contributed by atoms with E-state index in [0.29, 0.717) is 17.1 Å². The lowest BCUT2D eigenvalue weighted by Crippen LogP contribution is -2.45. The van der Waals surface area contributed by atoms with Gasteiger partial charge in [0.15, 0.2) is 0 Å². The Labute approximate surface area is 176 Å². The van der Waals surface area contributed by atoms with Gasteiger partial charge in [0.05, 0.1) is 31.2 Å². The Balaban J connectivity index is 2.34. The minimum absolute atomic E-state index is 0.231. The molecule has 8 nitrogen and oxygen atoms in total. The average molecular weight is 435 g/mol. The molecule has 1 amide bonds. The van der Waals surface area contributed by atoms with Gasteiger partial charge in [0.2, 0.25) is 15.9 Å². The summed E-state index contributed by atoms with van der Waals surface area (Å²) >= 11 is 0. The number of amides is 1. The second kappa shape index (κ2) is 9.62. The SMILES string of the molecule is CCOC(=O)c1ccc(C)c(NC(=O)[C@H](C)N(c2cccc(OC)c2)S(C)(=O)=O)c1. The number of rotatable bonds is 8. The summed E-state index contributed by atoms with van der Waals surface area (Å²) in [5, 5.41) is 2.71. The first-order valence-corrected chi connectivity index (χ1v) is 11.2. The maximum absolute atomic E-state index is 12.9. The number of benzene rings is 2. The molecular formula is C21H26N2O6S. The number of carbonyl (C=O) groups is 2. The molecule has 0 radical (unpaired) electrons. The van der Waals surface area contributed by atoms with E-state index >= 15 is 0 Å². The molecule has 30 heavy (non-hydrogen) atoms. The highest BCUT2D eigenvalue weighted by Crippen LogP contribution is 2.26. The maximum atomic E-state index is 12.9. The topological polar surface area (TPSA) is 102 Å². The van der Waals surface area contributed by atoms with E-state index in [-0.39, 0.29) is 12.2 Å². The Bertz CT molecular complexity index is 1040. The van der Waals surface area contributed by atoms with Crippen LogP contribution < -0.4 is 14.4 Å². The third-order valence-corrected chi connectivity index (χ3v) is 5.64. The molecule has 0 aromatic heterocycles. The zero-order valence-corrected chi connectivity index (χ0v) is 18.4. The van der Waals surface area contributed by atoms with E-state index in [1.807, 2.05) is 0 Å². The number of esters is 1. The van der Waals surface area contributed by atoms with Crippen LogP contribution in [0.2, 0.25) is 0 Å². The normalized spacial score (nSPS) is 12.0. The van der Waals surface area contributed by atoms with Crippen LogP contribution in [0.25, 0.3) is 0 Å². The monoisotopic (exact) mass is 434 g/mol. The predicted octanol–water partition coefficient (Wildman–Crippen LogP) is 2.97. The summed E-state index contributed by atoms with van der Waals surface area (Å²) in [7, 11) is -2.30. The maximum Gasteiger partial charge on any atom is 0.338 e. The van der Waals surface area contributed by atoms with Crippen LogP contribution in [-0.4, -0.2) is 46.3 Å². The molecule has 9 heteroatoms. The largest absolute Gasteiger partial charge is 0.497 e. The summed E-state index contributed by atoms with van der Waals surface area (Å²) in [5.74, 6) is -0.589. The fraction of sp³-hybridized carbons (Fsp3) is 0.333. The quantitative estimate of drug-likeness (QED) is 0.641. The third kappa shape index (κ3) is 5.50. The summed E-state index contributed by atoms with van der Waals surface area (Å²) < 4.78 is 36.1. The molecule has 0 aliphatic rings. The van der Waals surface area contributed by atoms with Crippen molar-refractivity contribution in [1.29, 1.82) is 0 Å². The van der Waals surface area contributed by atoms with Crippen LogP contribution in [0, 0.1) is 6.92 Å². The Hall–Kier alpha value is -3.07. The molecule has 0 aliphatic carbocycles. The van der Waals surface area contributed by atoms with Gasteiger partial charge in [-0.05, 0) is 50.6 Å². The van der Waals surface area contributed by atoms with Crippen LogP contribution in [0.5, 0.6) is 5.75 Å². The summed E-state index contributed by atoms with van der Waals surface area (Å²) in [6.45, 7) is 5.19. The van der Waals surface area contributed by atoms with E-state index in [9.17, 15) is 18.0 Å². The number of sulfonamides is 1. The van der Waals surface area contributed by atoms with Crippen molar-refractivity contribution >= 4 is 33.3 Å². The number of anilines is 2. The Morgan fingerprint density at radius 3 is 2.47 bits per heavy atom. The van der Waals surface area contributed by atoms with Crippen LogP contribution in [0.3, 0.4) is 0 Å². The molecule has 0 aliphatic heterocycles. The second-order valence-corrected chi connectivity index (χ2v) is 8.54. The number of ether oxygens (including phenoxy) is 2. The number of carbonyl (C=O) groups excluding carboxylic acids is 2. The van der Waals surface area contributed by atoms with Gasteiger partial charge in [0.1, 0.15) is 11.8 Å². The molecule has 1 N–H and O–H groups in total. The van der Waals surface area contributed by atoms with Gasteiger partial charge in [-0.2, -0.15) is 0 Å². The van der Waals surface area contributed by atoms with E-state index in [4.69, 9.17) is 9.47 Å². The molecule has 2 rings (SSSR count). The lowest BCUT2D eigenvalue weighted by Gasteiger charge is -2.28. The fourth-order valence-electron chi connectivity index (χ4n) is 2.89. The Morgan fingerprint density at radius 1 is 1.17 bits per heavy atom. The van der Waals surface area contributed by atoms with Gasteiger partial charge in [-0.3, -0.25) is 9.10 Å². The molecule has 0 spiro atoms. The zero-order valence-electron chi connectivity index (χ0n) is 17.6. The fourth-order valence-corrected chi connectivity index (χ4v) is 4.06. The van der Waals surface area contributed by atoms with Crippen molar-refractivity contribution in [3.63, 3.8) is 0 Å². The number of nitrogens with zero attached hydrogens (tertiary/aromatic N) is 1. The van der Waals surface area contributed by atoms with Crippen molar-refractivity contribution in [2.75, 3.05) is 29.6 Å². The van der Waals surface area contributed by atoms with Crippen molar-refractivity contribution in [2.45, 2.75) is 26.8 Å². The molecule has 162 valence electrons. The highest BCUT2D eigenvalue weighted by atomic mass is 32.2. The van der Waals surface area contributed by atoms with Crippen molar-refractivity contribution in [3.05, 3.63) is 53.6 Å². The van der Waals surface area contributed by atoms with Crippen LogP contribution >= 0.6 is 0 Å². The molecule has 2 aromatic carbocycles. The van der Waals surface area contributed by atoms with E-state index in [1.165, 1.54) is 26.2 Å². The molecule has 0 saturated heterocycles. The molecule has 0 heterocycles. The molecule has 1 atom stereocenters. The lowest BCUT2D eigenvalue weighted by molar-refractivity contribution is -0.116. The second-order valence-electron chi connectivity index (χ2n) is 6.68. The lowest BCUT2D eigenvalue weighted by atomic mass is 10.1. The van der Waals surface area contributed by atoms with Crippen LogP contribution in [0.1, 0.15) is 29.8 Å². The van der Waals surface area contributed by atoms with Gasteiger partial charge in [0.25, 0.3) is 0 Å². The van der Waals surface area contributed by atoms with Crippen molar-refractivity contribution < 1.29 is 27.5 Å². The van der Waals surface area contributed by atoms with Gasteiger partial charge in [0, 0.05) is 11.8 Å². The van der Waals surface area contributed by atoms with Gasteiger partial charge in [-0.15, -0.1) is 0 Å².